The number of carbonyl (C=O) groups excluding carboxylic acids is 2. The van der Waals surface area contributed by atoms with Gasteiger partial charge >= 0.3 is 18.4 Å². The van der Waals surface area contributed by atoms with Crippen molar-refractivity contribution < 1.29 is 37.4 Å². The highest BCUT2D eigenvalue weighted by molar-refractivity contribution is 5.99. The number of nitrogens with one attached hydrogen (secondary N) is 2. The van der Waals surface area contributed by atoms with Gasteiger partial charge in [0.15, 0.2) is 5.82 Å². The first-order valence-corrected chi connectivity index (χ1v) is 11.1. The Morgan fingerprint density at radius 1 is 1.08 bits per heavy atom. The van der Waals surface area contributed by atoms with Gasteiger partial charge < -0.3 is 25.4 Å². The number of halogens is 3. The van der Waals surface area contributed by atoms with Gasteiger partial charge in [-0.1, -0.05) is 0 Å². The van der Waals surface area contributed by atoms with Crippen LogP contribution in [0.2, 0.25) is 0 Å². The number of urea groups is 1. The molecule has 0 spiro atoms. The lowest BCUT2D eigenvalue weighted by Gasteiger charge is -2.24. The lowest BCUT2D eigenvalue weighted by atomic mass is 10.1. The number of aryl methyl sites for hydroxylation is 1. The van der Waals surface area contributed by atoms with Gasteiger partial charge in [-0.05, 0) is 67.8 Å². The number of anilines is 2. The molecule has 13 heteroatoms. The van der Waals surface area contributed by atoms with E-state index in [1.807, 2.05) is 0 Å². The number of amides is 3. The molecule has 194 valence electrons. The van der Waals surface area contributed by atoms with Crippen molar-refractivity contribution in [1.82, 2.24) is 14.7 Å². The zero-order chi connectivity index (χ0) is 26.7. The van der Waals surface area contributed by atoms with Crippen molar-refractivity contribution in [3.63, 3.8) is 0 Å². The molecule has 4 rings (SSSR count). The van der Waals surface area contributed by atoms with Gasteiger partial charge in [0, 0.05) is 24.5 Å². The van der Waals surface area contributed by atoms with Gasteiger partial charge in [-0.3, -0.25) is 4.79 Å². The van der Waals surface area contributed by atoms with Gasteiger partial charge in [0.05, 0.1) is 11.3 Å². The molecule has 3 aromatic rings. The van der Waals surface area contributed by atoms with Crippen LogP contribution in [0.15, 0.2) is 54.7 Å². The molecule has 1 saturated heterocycles. The van der Waals surface area contributed by atoms with E-state index in [0.29, 0.717) is 30.6 Å². The van der Waals surface area contributed by atoms with Crippen molar-refractivity contribution >= 4 is 29.4 Å². The number of aromatic nitrogens is 2. The molecule has 1 aromatic heterocycles. The summed E-state index contributed by atoms with van der Waals surface area (Å²) in [7, 11) is 0. The summed E-state index contributed by atoms with van der Waals surface area (Å²) in [6, 6.07) is 9.64. The first kappa shape index (κ1) is 25.5. The highest BCUT2D eigenvalue weighted by Gasteiger charge is 2.35. The van der Waals surface area contributed by atoms with E-state index in [0.717, 1.165) is 12.1 Å². The normalized spacial score (nSPS) is 15.4. The summed E-state index contributed by atoms with van der Waals surface area (Å²) in [5.41, 5.74) is 1.58. The van der Waals surface area contributed by atoms with E-state index >= 15 is 0 Å². The van der Waals surface area contributed by atoms with E-state index in [1.54, 1.807) is 31.3 Å². The summed E-state index contributed by atoms with van der Waals surface area (Å²) in [5, 5.41) is 18.7. The lowest BCUT2D eigenvalue weighted by Crippen LogP contribution is -2.45. The Balaban J connectivity index is 1.38. The number of hydrogen-bond donors (Lipinski definition) is 3. The molecule has 1 aliphatic heterocycles. The molecular formula is C24H22F3N5O5. The Hall–Kier alpha value is -4.55. The fraction of sp³-hybridized carbons (Fsp3) is 0.250. The van der Waals surface area contributed by atoms with E-state index in [2.05, 4.69) is 20.5 Å². The number of likely N-dealkylation sites (tertiary alicyclic amines) is 1. The summed E-state index contributed by atoms with van der Waals surface area (Å²) in [4.78, 5) is 38.2. The SMILES string of the molecule is Cc1cc(-n2ccc(NC(=O)[C@H]3CCCN3C(=O)Nc3ccc(OC(F)(F)F)cc3)n2)ccc1C(=O)O. The number of carboxylic acids is 1. The third kappa shape index (κ3) is 6.18. The number of carbonyl (C=O) groups is 3. The van der Waals surface area contributed by atoms with Crippen LogP contribution in [0.3, 0.4) is 0 Å². The Bertz CT molecular complexity index is 1320. The molecule has 0 saturated carbocycles. The van der Waals surface area contributed by atoms with Crippen molar-refractivity contribution in [3.8, 4) is 11.4 Å². The molecule has 2 aromatic carbocycles. The number of alkyl halides is 3. The maximum atomic E-state index is 12.9. The monoisotopic (exact) mass is 517 g/mol. The highest BCUT2D eigenvalue weighted by atomic mass is 19.4. The van der Waals surface area contributed by atoms with Crippen LogP contribution in [-0.2, 0) is 4.79 Å². The van der Waals surface area contributed by atoms with Crippen LogP contribution in [-0.4, -0.2) is 56.6 Å². The third-order valence-corrected chi connectivity index (χ3v) is 5.70. The first-order valence-electron chi connectivity index (χ1n) is 11.1. The Morgan fingerprint density at radius 2 is 1.81 bits per heavy atom. The van der Waals surface area contributed by atoms with Crippen molar-refractivity contribution in [2.45, 2.75) is 32.2 Å². The van der Waals surface area contributed by atoms with Gasteiger partial charge in [-0.15, -0.1) is 13.2 Å². The first-order chi connectivity index (χ1) is 17.5. The van der Waals surface area contributed by atoms with Crippen molar-refractivity contribution in [2.24, 2.45) is 0 Å². The number of aromatic carboxylic acids is 1. The van der Waals surface area contributed by atoms with Gasteiger partial charge in [0.2, 0.25) is 5.91 Å². The molecule has 1 fully saturated rings. The molecule has 37 heavy (non-hydrogen) atoms. The largest absolute Gasteiger partial charge is 0.573 e. The highest BCUT2D eigenvalue weighted by Crippen LogP contribution is 2.25. The summed E-state index contributed by atoms with van der Waals surface area (Å²) in [6.07, 6.45) is -2.20. The van der Waals surface area contributed by atoms with Crippen molar-refractivity contribution in [1.29, 1.82) is 0 Å². The fourth-order valence-corrected chi connectivity index (χ4v) is 3.99. The molecular weight excluding hydrogens is 495 g/mol. The van der Waals surface area contributed by atoms with Gasteiger partial charge in [0.25, 0.3) is 0 Å². The molecule has 3 amide bonds. The Labute approximate surface area is 208 Å². The van der Waals surface area contributed by atoms with Crippen LogP contribution >= 0.6 is 0 Å². The molecule has 0 radical (unpaired) electrons. The smallest absolute Gasteiger partial charge is 0.478 e. The summed E-state index contributed by atoms with van der Waals surface area (Å²) in [6.45, 7) is 1.99. The minimum atomic E-state index is -4.82. The number of ether oxygens (including phenoxy) is 1. The van der Waals surface area contributed by atoms with E-state index in [9.17, 15) is 32.7 Å². The standard InChI is InChI=1S/C24H22F3N5O5/c1-14-13-16(6-9-18(14)22(34)35)32-12-10-20(30-32)29-21(33)19-3-2-11-31(19)23(36)28-15-4-7-17(8-5-15)37-24(25,26)27/h4-10,12-13,19H,2-3,11H2,1H3,(H,28,36)(H,34,35)(H,29,30,33)/t19-/m1/s1. The van der Waals surface area contributed by atoms with E-state index in [4.69, 9.17) is 0 Å². The van der Waals surface area contributed by atoms with Crippen LogP contribution in [0.1, 0.15) is 28.8 Å². The summed E-state index contributed by atoms with van der Waals surface area (Å²) < 4.78 is 42.2. The number of hydrogen-bond acceptors (Lipinski definition) is 5. The zero-order valence-electron chi connectivity index (χ0n) is 19.5. The number of carboxylic acid groups (broad SMARTS) is 1. The Morgan fingerprint density at radius 3 is 2.46 bits per heavy atom. The fourth-order valence-electron chi connectivity index (χ4n) is 3.99. The second-order valence-electron chi connectivity index (χ2n) is 8.29. The minimum absolute atomic E-state index is 0.176. The van der Waals surface area contributed by atoms with E-state index in [-0.39, 0.29) is 17.1 Å². The van der Waals surface area contributed by atoms with Crippen molar-refractivity contribution in [3.05, 3.63) is 65.9 Å². The molecule has 0 aliphatic carbocycles. The maximum Gasteiger partial charge on any atom is 0.573 e. The third-order valence-electron chi connectivity index (χ3n) is 5.70. The van der Waals surface area contributed by atoms with Crippen LogP contribution in [0.4, 0.5) is 29.5 Å². The summed E-state index contributed by atoms with van der Waals surface area (Å²) >= 11 is 0. The van der Waals surface area contributed by atoms with Crippen molar-refractivity contribution in [2.75, 3.05) is 17.2 Å². The Kier molecular flexibility index (Phi) is 7.05. The number of nitrogens with zero attached hydrogens (tertiary/aromatic N) is 3. The second-order valence-corrected chi connectivity index (χ2v) is 8.29. The van der Waals surface area contributed by atoms with Crippen LogP contribution in [0.25, 0.3) is 5.69 Å². The van der Waals surface area contributed by atoms with E-state index < -0.39 is 36.1 Å². The number of rotatable bonds is 6. The molecule has 1 atom stereocenters. The average Bonchev–Trinajstić information content (AvgIpc) is 3.49. The molecule has 10 nitrogen and oxygen atoms in total. The average molecular weight is 517 g/mol. The topological polar surface area (TPSA) is 126 Å². The minimum Gasteiger partial charge on any atom is -0.478 e. The molecule has 1 aliphatic rings. The maximum absolute atomic E-state index is 12.9. The molecule has 0 unspecified atom stereocenters. The molecule has 0 bridgehead atoms. The number of benzene rings is 2. The lowest BCUT2D eigenvalue weighted by molar-refractivity contribution is -0.274. The molecule has 2 heterocycles. The van der Waals surface area contributed by atoms with Crippen LogP contribution < -0.4 is 15.4 Å². The second kappa shape index (κ2) is 10.2. The van der Waals surface area contributed by atoms with Crippen LogP contribution in [0.5, 0.6) is 5.75 Å². The quantitative estimate of drug-likeness (QED) is 0.445. The predicted molar refractivity (Wildman–Crippen MR) is 126 cm³/mol. The van der Waals surface area contributed by atoms with E-state index in [1.165, 1.54) is 27.8 Å². The van der Waals surface area contributed by atoms with Gasteiger partial charge in [-0.25, -0.2) is 14.3 Å². The van der Waals surface area contributed by atoms with Crippen LogP contribution in [0, 0.1) is 6.92 Å². The molecule has 3 N–H and O–H groups in total. The zero-order valence-corrected chi connectivity index (χ0v) is 19.5. The predicted octanol–water partition coefficient (Wildman–Crippen LogP) is 4.41. The van der Waals surface area contributed by atoms with Gasteiger partial charge in [-0.2, -0.15) is 5.10 Å². The summed E-state index contributed by atoms with van der Waals surface area (Å²) in [5.74, 6) is -1.65. The van der Waals surface area contributed by atoms with Gasteiger partial charge in [0.1, 0.15) is 11.8 Å².